The van der Waals surface area contributed by atoms with Crippen LogP contribution in [0, 0.1) is 6.92 Å². The fraction of sp³-hybridized carbons (Fsp3) is 0.455. The molecule has 0 fully saturated rings. The first kappa shape index (κ1) is 14.0. The highest BCUT2D eigenvalue weighted by Crippen LogP contribution is 2.27. The Morgan fingerprint density at radius 2 is 2.11 bits per heavy atom. The number of nitrogens with zero attached hydrogens (tertiary/aromatic N) is 4. The van der Waals surface area contributed by atoms with E-state index in [0.717, 1.165) is 21.4 Å². The molecule has 0 aliphatic carbocycles. The molecule has 0 bridgehead atoms. The van der Waals surface area contributed by atoms with Gasteiger partial charge in [0.2, 0.25) is 0 Å². The van der Waals surface area contributed by atoms with Crippen molar-refractivity contribution in [3.63, 3.8) is 0 Å². The van der Waals surface area contributed by atoms with Crippen molar-refractivity contribution in [2.45, 2.75) is 19.4 Å². The Bertz CT molecular complexity index is 586. The molecule has 19 heavy (non-hydrogen) atoms. The van der Waals surface area contributed by atoms with Gasteiger partial charge in [0.05, 0.1) is 28.1 Å². The maximum atomic E-state index is 5.98. The molecule has 1 atom stereocenters. The van der Waals surface area contributed by atoms with Crippen LogP contribution in [0.2, 0.25) is 0 Å². The number of halogens is 1. The molecule has 0 radical (unpaired) electrons. The lowest BCUT2D eigenvalue weighted by molar-refractivity contribution is 0.530. The van der Waals surface area contributed by atoms with Gasteiger partial charge in [-0.25, -0.2) is 0 Å². The molecule has 0 aromatic carbocycles. The summed E-state index contributed by atoms with van der Waals surface area (Å²) in [6.07, 6.45) is 2.40. The van der Waals surface area contributed by atoms with Crippen LogP contribution in [0.15, 0.2) is 10.7 Å². The van der Waals surface area contributed by atoms with Crippen LogP contribution in [0.1, 0.15) is 23.0 Å². The maximum absolute atomic E-state index is 5.98. The second kappa shape index (κ2) is 5.32. The minimum absolute atomic E-state index is 0.111. The average molecular weight is 328 g/mol. The highest BCUT2D eigenvalue weighted by Gasteiger charge is 2.20. The quantitative estimate of drug-likeness (QED) is 0.562. The summed E-state index contributed by atoms with van der Waals surface area (Å²) in [4.78, 5) is 0. The molecule has 1 unspecified atom stereocenters. The molecule has 0 amide bonds. The predicted molar refractivity (Wildman–Crippen MR) is 77.0 cm³/mol. The standard InChI is InChI=1S/C11H18BrN7/c1-6-10(12)9(18(2)17-6)4-8(16-14)7-5-15-19(3)11(7)13/h5,8,16H,4,13-14H2,1-3H3. The smallest absolute Gasteiger partial charge is 0.126 e. The molecule has 0 aliphatic rings. The summed E-state index contributed by atoms with van der Waals surface area (Å²) < 4.78 is 4.47. The van der Waals surface area contributed by atoms with Crippen molar-refractivity contribution >= 4 is 21.7 Å². The molecule has 8 heteroatoms. The third-order valence-corrected chi connectivity index (χ3v) is 4.28. The predicted octanol–water partition coefficient (Wildman–Crippen LogP) is 0.554. The van der Waals surface area contributed by atoms with Crippen molar-refractivity contribution in [2.75, 3.05) is 5.73 Å². The first-order valence-electron chi connectivity index (χ1n) is 5.87. The fourth-order valence-corrected chi connectivity index (χ4v) is 2.58. The van der Waals surface area contributed by atoms with Crippen LogP contribution < -0.4 is 17.0 Å². The summed E-state index contributed by atoms with van der Waals surface area (Å²) in [6, 6.07) is -0.111. The van der Waals surface area contributed by atoms with Crippen LogP contribution in [0.5, 0.6) is 0 Å². The van der Waals surface area contributed by atoms with E-state index in [1.54, 1.807) is 17.9 Å². The first-order chi connectivity index (χ1) is 8.95. The summed E-state index contributed by atoms with van der Waals surface area (Å²) in [7, 11) is 3.71. The number of hydrazine groups is 1. The van der Waals surface area contributed by atoms with Gasteiger partial charge in [0.15, 0.2) is 0 Å². The van der Waals surface area contributed by atoms with Gasteiger partial charge in [-0.3, -0.25) is 20.6 Å². The van der Waals surface area contributed by atoms with Gasteiger partial charge in [-0.2, -0.15) is 10.2 Å². The number of rotatable bonds is 4. The number of nitrogens with two attached hydrogens (primary N) is 2. The number of anilines is 1. The monoisotopic (exact) mass is 327 g/mol. The first-order valence-corrected chi connectivity index (χ1v) is 6.66. The van der Waals surface area contributed by atoms with Crippen LogP contribution in [0.25, 0.3) is 0 Å². The Hall–Kier alpha value is -1.38. The van der Waals surface area contributed by atoms with Gasteiger partial charge in [0.25, 0.3) is 0 Å². The molecular formula is C11H18BrN7. The summed E-state index contributed by atoms with van der Waals surface area (Å²) in [6.45, 7) is 1.96. The number of hydrogen-bond donors (Lipinski definition) is 3. The average Bonchev–Trinajstić information content (AvgIpc) is 2.81. The second-order valence-corrected chi connectivity index (χ2v) is 5.29. The molecule has 5 N–H and O–H groups in total. The van der Waals surface area contributed by atoms with Crippen LogP contribution in [-0.2, 0) is 20.5 Å². The van der Waals surface area contributed by atoms with E-state index >= 15 is 0 Å². The highest BCUT2D eigenvalue weighted by molar-refractivity contribution is 9.10. The van der Waals surface area contributed by atoms with E-state index in [2.05, 4.69) is 31.6 Å². The van der Waals surface area contributed by atoms with E-state index in [-0.39, 0.29) is 6.04 Å². The van der Waals surface area contributed by atoms with E-state index in [4.69, 9.17) is 11.6 Å². The van der Waals surface area contributed by atoms with Crippen LogP contribution >= 0.6 is 15.9 Å². The lowest BCUT2D eigenvalue weighted by Crippen LogP contribution is -2.30. The molecule has 104 valence electrons. The van der Waals surface area contributed by atoms with Crippen LogP contribution in [0.4, 0.5) is 5.82 Å². The number of nitrogens with one attached hydrogen (secondary N) is 1. The Morgan fingerprint density at radius 3 is 2.53 bits per heavy atom. The van der Waals surface area contributed by atoms with E-state index in [1.807, 2.05) is 18.7 Å². The van der Waals surface area contributed by atoms with Crippen molar-refractivity contribution < 1.29 is 0 Å². The largest absolute Gasteiger partial charge is 0.384 e. The minimum atomic E-state index is -0.111. The highest BCUT2D eigenvalue weighted by atomic mass is 79.9. The Labute approximate surface area is 120 Å². The van der Waals surface area contributed by atoms with Gasteiger partial charge in [0, 0.05) is 26.1 Å². The van der Waals surface area contributed by atoms with Gasteiger partial charge < -0.3 is 5.73 Å². The summed E-state index contributed by atoms with van der Waals surface area (Å²) >= 11 is 3.55. The van der Waals surface area contributed by atoms with Crippen molar-refractivity contribution in [2.24, 2.45) is 19.9 Å². The summed E-state index contributed by atoms with van der Waals surface area (Å²) in [5.74, 6) is 6.26. The molecule has 2 heterocycles. The maximum Gasteiger partial charge on any atom is 0.126 e. The summed E-state index contributed by atoms with van der Waals surface area (Å²) in [5, 5.41) is 8.51. The van der Waals surface area contributed by atoms with E-state index in [0.29, 0.717) is 12.2 Å². The SMILES string of the molecule is Cc1nn(C)c(CC(NN)c2cnn(C)c2N)c1Br. The number of aryl methyl sites for hydroxylation is 3. The lowest BCUT2D eigenvalue weighted by atomic mass is 10.1. The van der Waals surface area contributed by atoms with Crippen molar-refractivity contribution in [1.29, 1.82) is 0 Å². The second-order valence-electron chi connectivity index (χ2n) is 4.50. The fourth-order valence-electron chi connectivity index (χ4n) is 2.09. The molecule has 2 aromatic heterocycles. The molecule has 2 rings (SSSR count). The normalized spacial score (nSPS) is 12.9. The van der Waals surface area contributed by atoms with E-state index < -0.39 is 0 Å². The minimum Gasteiger partial charge on any atom is -0.384 e. The Kier molecular flexibility index (Phi) is 3.93. The zero-order valence-corrected chi connectivity index (χ0v) is 12.8. The van der Waals surface area contributed by atoms with Gasteiger partial charge >= 0.3 is 0 Å². The Balaban J connectivity index is 2.32. The van der Waals surface area contributed by atoms with Crippen molar-refractivity contribution in [1.82, 2.24) is 25.0 Å². The zero-order chi connectivity index (χ0) is 14.2. The number of aromatic nitrogens is 4. The van der Waals surface area contributed by atoms with Crippen LogP contribution in [0.3, 0.4) is 0 Å². The number of hydrogen-bond acceptors (Lipinski definition) is 5. The van der Waals surface area contributed by atoms with Gasteiger partial charge in [-0.05, 0) is 22.9 Å². The van der Waals surface area contributed by atoms with Gasteiger partial charge in [-0.1, -0.05) is 0 Å². The molecule has 0 aliphatic heterocycles. The topological polar surface area (TPSA) is 99.7 Å². The third-order valence-electron chi connectivity index (χ3n) is 3.25. The molecule has 0 saturated carbocycles. The number of nitrogen functional groups attached to an aromatic ring is 1. The molecule has 0 saturated heterocycles. The summed E-state index contributed by atoms with van der Waals surface area (Å²) in [5.41, 5.74) is 11.7. The third kappa shape index (κ3) is 2.51. The molecular weight excluding hydrogens is 310 g/mol. The van der Waals surface area contributed by atoms with Crippen LogP contribution in [-0.4, -0.2) is 19.6 Å². The van der Waals surface area contributed by atoms with Crippen molar-refractivity contribution in [3.8, 4) is 0 Å². The van der Waals surface area contributed by atoms with E-state index in [1.165, 1.54) is 0 Å². The van der Waals surface area contributed by atoms with Gasteiger partial charge in [0.1, 0.15) is 5.82 Å². The van der Waals surface area contributed by atoms with Gasteiger partial charge in [-0.15, -0.1) is 0 Å². The zero-order valence-electron chi connectivity index (χ0n) is 11.2. The van der Waals surface area contributed by atoms with Crippen molar-refractivity contribution in [3.05, 3.63) is 27.6 Å². The lowest BCUT2D eigenvalue weighted by Gasteiger charge is -2.16. The van der Waals surface area contributed by atoms with E-state index in [9.17, 15) is 0 Å². The molecule has 0 spiro atoms. The molecule has 2 aromatic rings. The Morgan fingerprint density at radius 1 is 1.42 bits per heavy atom. The molecule has 7 nitrogen and oxygen atoms in total.